The van der Waals surface area contributed by atoms with E-state index in [1.165, 1.54) is 19.3 Å². The summed E-state index contributed by atoms with van der Waals surface area (Å²) in [6, 6.07) is 5.28. The molecule has 0 amide bonds. The van der Waals surface area contributed by atoms with Gasteiger partial charge in [0.25, 0.3) is 0 Å². The topological polar surface area (TPSA) is 63.6 Å². The van der Waals surface area contributed by atoms with Gasteiger partial charge in [-0.1, -0.05) is 22.0 Å². The van der Waals surface area contributed by atoms with E-state index in [0.29, 0.717) is 28.9 Å². The number of esters is 1. The molecule has 1 atom stereocenters. The van der Waals surface area contributed by atoms with Crippen LogP contribution >= 0.6 is 15.9 Å². The first-order valence-corrected chi connectivity index (χ1v) is 9.95. The second-order valence-corrected chi connectivity index (χ2v) is 9.57. The number of benzene rings is 1. The first-order valence-electron chi connectivity index (χ1n) is 9.16. The highest BCUT2D eigenvalue weighted by atomic mass is 79.9. The normalized spacial score (nSPS) is 41.0. The third-order valence-corrected chi connectivity index (χ3v) is 7.26. The molecule has 0 aromatic heterocycles. The number of ketones is 1. The molecule has 4 fully saturated rings. The van der Waals surface area contributed by atoms with Crippen LogP contribution in [-0.4, -0.2) is 28.1 Å². The fraction of sp³-hybridized carbons (Fsp3) is 0.600. The molecule has 5 aliphatic rings. The zero-order valence-corrected chi connectivity index (χ0v) is 15.5. The predicted octanol–water partition coefficient (Wildman–Crippen LogP) is 3.43. The average molecular weight is 405 g/mol. The third-order valence-electron chi connectivity index (χ3n) is 6.77. The van der Waals surface area contributed by atoms with E-state index >= 15 is 0 Å². The maximum Gasteiger partial charge on any atom is 0.347 e. The Hall–Kier alpha value is -1.20. The van der Waals surface area contributed by atoms with Crippen LogP contribution in [-0.2, 0) is 16.0 Å². The van der Waals surface area contributed by atoms with E-state index in [1.807, 2.05) is 6.07 Å². The van der Waals surface area contributed by atoms with Crippen LogP contribution in [0.4, 0.5) is 0 Å². The van der Waals surface area contributed by atoms with Crippen molar-refractivity contribution in [3.8, 4) is 0 Å². The first-order chi connectivity index (χ1) is 11.9. The molecule has 0 saturated heterocycles. The van der Waals surface area contributed by atoms with Gasteiger partial charge in [-0.2, -0.15) is 0 Å². The zero-order chi connectivity index (χ0) is 17.4. The molecule has 6 rings (SSSR count). The Morgan fingerprint density at radius 1 is 1.12 bits per heavy atom. The highest BCUT2D eigenvalue weighted by molar-refractivity contribution is 9.10. The van der Waals surface area contributed by atoms with E-state index in [2.05, 4.69) is 15.9 Å². The number of halogens is 1. The minimum absolute atomic E-state index is 0.0135. The Labute approximate surface area is 155 Å². The van der Waals surface area contributed by atoms with Gasteiger partial charge in [-0.3, -0.25) is 4.79 Å². The summed E-state index contributed by atoms with van der Waals surface area (Å²) in [4.78, 5) is 25.6. The van der Waals surface area contributed by atoms with E-state index in [0.717, 1.165) is 23.7 Å². The maximum atomic E-state index is 12.9. The molecule has 5 aliphatic carbocycles. The lowest BCUT2D eigenvalue weighted by Gasteiger charge is -2.56. The highest BCUT2D eigenvalue weighted by Crippen LogP contribution is 2.57. The summed E-state index contributed by atoms with van der Waals surface area (Å²) in [6.07, 6.45) is 6.45. The minimum Gasteiger partial charge on any atom is -0.457 e. The van der Waals surface area contributed by atoms with Gasteiger partial charge in [0.1, 0.15) is 5.60 Å². The Morgan fingerprint density at radius 2 is 1.72 bits per heavy atom. The SMILES string of the molecule is O=C(OC12CC3CC(CC(C3)C1)C2)C1(O)Cc2ccc(Br)cc2C1=O. The molecule has 4 saturated carbocycles. The van der Waals surface area contributed by atoms with Crippen LogP contribution in [0.5, 0.6) is 0 Å². The summed E-state index contributed by atoms with van der Waals surface area (Å²) in [6.45, 7) is 0. The number of carbonyl (C=O) groups excluding carboxylic acids is 2. The van der Waals surface area contributed by atoms with Crippen LogP contribution in [0.3, 0.4) is 0 Å². The van der Waals surface area contributed by atoms with Crippen LogP contribution in [0.25, 0.3) is 0 Å². The lowest BCUT2D eigenvalue weighted by Crippen LogP contribution is -2.56. The molecule has 132 valence electrons. The summed E-state index contributed by atoms with van der Waals surface area (Å²) >= 11 is 3.34. The first kappa shape index (κ1) is 16.0. The lowest BCUT2D eigenvalue weighted by molar-refractivity contribution is -0.199. The number of aliphatic hydroxyl groups is 1. The molecule has 0 aliphatic heterocycles. The van der Waals surface area contributed by atoms with E-state index in [4.69, 9.17) is 4.74 Å². The van der Waals surface area contributed by atoms with Gasteiger partial charge in [-0.15, -0.1) is 0 Å². The van der Waals surface area contributed by atoms with Crippen molar-refractivity contribution in [1.82, 2.24) is 0 Å². The lowest BCUT2D eigenvalue weighted by atomic mass is 9.54. The van der Waals surface area contributed by atoms with Crippen molar-refractivity contribution in [2.75, 3.05) is 0 Å². The van der Waals surface area contributed by atoms with Crippen molar-refractivity contribution >= 4 is 27.7 Å². The van der Waals surface area contributed by atoms with Gasteiger partial charge in [0.05, 0.1) is 0 Å². The molecule has 0 radical (unpaired) electrons. The minimum atomic E-state index is -2.06. The highest BCUT2D eigenvalue weighted by Gasteiger charge is 2.57. The summed E-state index contributed by atoms with van der Waals surface area (Å²) in [5.41, 5.74) is -1.39. The Morgan fingerprint density at radius 3 is 2.32 bits per heavy atom. The fourth-order valence-electron chi connectivity index (χ4n) is 6.10. The number of carbonyl (C=O) groups is 2. The second kappa shape index (κ2) is 5.17. The maximum absolute atomic E-state index is 12.9. The van der Waals surface area contributed by atoms with Crippen LogP contribution in [0.15, 0.2) is 22.7 Å². The number of hydrogen-bond acceptors (Lipinski definition) is 4. The molecule has 4 bridgehead atoms. The van der Waals surface area contributed by atoms with Crippen molar-refractivity contribution in [3.63, 3.8) is 0 Å². The van der Waals surface area contributed by atoms with Crippen molar-refractivity contribution in [2.45, 2.75) is 56.1 Å². The summed E-state index contributed by atoms with van der Waals surface area (Å²) in [7, 11) is 0. The van der Waals surface area contributed by atoms with Crippen LogP contribution < -0.4 is 0 Å². The monoisotopic (exact) mass is 404 g/mol. The van der Waals surface area contributed by atoms with Crippen LogP contribution in [0.1, 0.15) is 54.4 Å². The van der Waals surface area contributed by atoms with Gasteiger partial charge in [-0.05, 0) is 74.0 Å². The summed E-state index contributed by atoms with van der Waals surface area (Å²) < 4.78 is 6.71. The van der Waals surface area contributed by atoms with E-state index < -0.39 is 23.0 Å². The summed E-state index contributed by atoms with van der Waals surface area (Å²) in [5, 5.41) is 10.9. The standard InChI is InChI=1S/C20H21BrO4/c21-15-2-1-14-10-20(24,17(22)16(14)6-15)18(23)25-19-7-11-3-12(8-19)5-13(4-11)9-19/h1-2,6,11-13,24H,3-5,7-10H2. The predicted molar refractivity (Wildman–Crippen MR) is 94.1 cm³/mol. The number of Topliss-reactive ketones (excluding diaryl/α,β-unsaturated/α-hetero) is 1. The van der Waals surface area contributed by atoms with Crippen LogP contribution in [0.2, 0.25) is 0 Å². The van der Waals surface area contributed by atoms with Gasteiger partial charge in [0.15, 0.2) is 0 Å². The molecule has 0 spiro atoms. The molecule has 5 heteroatoms. The largest absolute Gasteiger partial charge is 0.457 e. The molecule has 1 aromatic carbocycles. The number of rotatable bonds is 2. The van der Waals surface area contributed by atoms with Gasteiger partial charge >= 0.3 is 5.97 Å². The summed E-state index contributed by atoms with van der Waals surface area (Å²) in [5.74, 6) is 0.647. The molecule has 1 unspecified atom stereocenters. The molecule has 0 heterocycles. The van der Waals surface area contributed by atoms with Crippen molar-refractivity contribution in [3.05, 3.63) is 33.8 Å². The van der Waals surface area contributed by atoms with E-state index in [-0.39, 0.29) is 6.42 Å². The third kappa shape index (κ3) is 2.35. The van der Waals surface area contributed by atoms with Gasteiger partial charge in [0.2, 0.25) is 11.4 Å². The average Bonchev–Trinajstić information content (AvgIpc) is 2.78. The van der Waals surface area contributed by atoms with Gasteiger partial charge in [-0.25, -0.2) is 4.79 Å². The number of ether oxygens (including phenoxy) is 1. The molecule has 1 N–H and O–H groups in total. The Bertz CT molecular complexity index is 751. The molecular formula is C20H21BrO4. The molecule has 1 aromatic rings. The molecule has 4 nitrogen and oxygen atoms in total. The second-order valence-electron chi connectivity index (χ2n) is 8.66. The Balaban J connectivity index is 1.41. The van der Waals surface area contributed by atoms with E-state index in [9.17, 15) is 14.7 Å². The number of hydrogen-bond donors (Lipinski definition) is 1. The van der Waals surface area contributed by atoms with Crippen molar-refractivity contribution in [1.29, 1.82) is 0 Å². The van der Waals surface area contributed by atoms with Gasteiger partial charge < -0.3 is 9.84 Å². The van der Waals surface area contributed by atoms with Crippen LogP contribution in [0, 0.1) is 17.8 Å². The molecular weight excluding hydrogens is 384 g/mol. The zero-order valence-electron chi connectivity index (χ0n) is 14.0. The number of fused-ring (bicyclic) bond motifs is 1. The fourth-order valence-corrected chi connectivity index (χ4v) is 6.46. The molecule has 25 heavy (non-hydrogen) atoms. The van der Waals surface area contributed by atoms with Gasteiger partial charge in [0, 0.05) is 16.5 Å². The quantitative estimate of drug-likeness (QED) is 0.605. The smallest absolute Gasteiger partial charge is 0.347 e. The van der Waals surface area contributed by atoms with Crippen molar-refractivity contribution < 1.29 is 19.4 Å². The van der Waals surface area contributed by atoms with E-state index in [1.54, 1.807) is 12.1 Å². The van der Waals surface area contributed by atoms with Crippen molar-refractivity contribution in [2.24, 2.45) is 17.8 Å². The Kier molecular flexibility index (Phi) is 3.31.